The first-order valence-corrected chi connectivity index (χ1v) is 9.39. The molecule has 0 heterocycles. The molecule has 0 aromatic heterocycles. The minimum Gasteiger partial charge on any atom is -0.545 e. The number of carbonyl (C=O) groups is 2. The van der Waals surface area contributed by atoms with Crippen molar-refractivity contribution in [2.24, 2.45) is 0 Å². The Kier molecular flexibility index (Phi) is 9.12. The van der Waals surface area contributed by atoms with Crippen molar-refractivity contribution in [3.63, 3.8) is 0 Å². The Morgan fingerprint density at radius 2 is 1.26 bits per heavy atom. The van der Waals surface area contributed by atoms with Crippen molar-refractivity contribution < 1.29 is 53.7 Å². The van der Waals surface area contributed by atoms with Gasteiger partial charge in [-0.05, 0) is 53.1 Å². The van der Waals surface area contributed by atoms with Crippen LogP contribution in [0.1, 0.15) is 33.8 Å². The summed E-state index contributed by atoms with van der Waals surface area (Å²) in [7, 11) is 3.21. The van der Waals surface area contributed by atoms with Gasteiger partial charge in [-0.2, -0.15) is 0 Å². The molecule has 0 unspecified atom stereocenters. The van der Waals surface area contributed by atoms with Crippen LogP contribution in [0.2, 0.25) is 0 Å². The average molecular weight is 427 g/mol. The maximum Gasteiger partial charge on any atom is 1.00 e. The second-order valence-corrected chi connectivity index (χ2v) is 6.72. The number of anilines is 1. The number of carboxylic acids is 1. The van der Waals surface area contributed by atoms with E-state index < -0.39 is 5.97 Å². The number of hydrogen-bond donors (Lipinski definition) is 1. The van der Waals surface area contributed by atoms with Crippen LogP contribution in [-0.2, 0) is 4.79 Å². The molecule has 0 aliphatic rings. The van der Waals surface area contributed by atoms with Gasteiger partial charge in [0.1, 0.15) is 11.5 Å². The number of ether oxygens (including phenoxy) is 2. The quantitative estimate of drug-likeness (QED) is 0.520. The fraction of sp³-hybridized carbons (Fsp3) is 0.167. The molecule has 0 aliphatic heterocycles. The average Bonchev–Trinajstić information content (AvgIpc) is 2.78. The van der Waals surface area contributed by atoms with Crippen LogP contribution >= 0.6 is 0 Å². The van der Waals surface area contributed by atoms with E-state index in [1.165, 1.54) is 12.1 Å². The van der Waals surface area contributed by atoms with E-state index in [9.17, 15) is 14.7 Å². The molecule has 31 heavy (non-hydrogen) atoms. The molecule has 1 amide bonds. The molecule has 0 bridgehead atoms. The molecular formula is C24H22NNaO5. The molecule has 1 N–H and O–H groups in total. The summed E-state index contributed by atoms with van der Waals surface area (Å²) in [4.78, 5) is 23.6. The molecule has 3 aromatic rings. The molecule has 154 valence electrons. The van der Waals surface area contributed by atoms with Crippen LogP contribution in [0.3, 0.4) is 0 Å². The smallest absolute Gasteiger partial charge is 0.545 e. The summed E-state index contributed by atoms with van der Waals surface area (Å²) >= 11 is 0. The molecule has 3 rings (SSSR count). The number of rotatable bonds is 8. The van der Waals surface area contributed by atoms with Crippen molar-refractivity contribution in [3.05, 3.63) is 89.5 Å². The number of carbonyl (C=O) groups excluding carboxylic acids is 2. The fourth-order valence-electron chi connectivity index (χ4n) is 3.19. The van der Waals surface area contributed by atoms with E-state index in [-0.39, 0.29) is 53.4 Å². The molecule has 0 saturated carbocycles. The van der Waals surface area contributed by atoms with Gasteiger partial charge in [-0.3, -0.25) is 4.79 Å². The topological polar surface area (TPSA) is 87.7 Å². The first kappa shape index (κ1) is 24.5. The van der Waals surface area contributed by atoms with Gasteiger partial charge < -0.3 is 24.7 Å². The van der Waals surface area contributed by atoms with Crippen molar-refractivity contribution in [3.8, 4) is 11.5 Å². The van der Waals surface area contributed by atoms with Gasteiger partial charge in [-0.1, -0.05) is 36.4 Å². The summed E-state index contributed by atoms with van der Waals surface area (Å²) in [5.74, 6) is -0.140. The minimum atomic E-state index is -1.26. The van der Waals surface area contributed by atoms with E-state index in [1.54, 1.807) is 26.4 Å². The molecule has 0 radical (unpaired) electrons. The SMILES string of the molecule is COc1ccc(C(CC(=O)Nc2ccc(C(=O)[O-])cc2)c2ccc(OC)cc2)cc1.[Na+]. The summed E-state index contributed by atoms with van der Waals surface area (Å²) in [5, 5.41) is 13.7. The van der Waals surface area contributed by atoms with Crippen LogP contribution in [0.25, 0.3) is 0 Å². The van der Waals surface area contributed by atoms with Crippen molar-refractivity contribution in [1.29, 1.82) is 0 Å². The Bertz CT molecular complexity index is 954. The van der Waals surface area contributed by atoms with Crippen molar-refractivity contribution in [2.45, 2.75) is 12.3 Å². The van der Waals surface area contributed by atoms with E-state index in [2.05, 4.69) is 5.32 Å². The van der Waals surface area contributed by atoms with Crippen molar-refractivity contribution in [2.75, 3.05) is 19.5 Å². The normalized spacial score (nSPS) is 10.2. The van der Waals surface area contributed by atoms with E-state index in [1.807, 2.05) is 48.5 Å². The monoisotopic (exact) mass is 427 g/mol. The summed E-state index contributed by atoms with van der Waals surface area (Å²) in [6.07, 6.45) is 0.209. The Labute approximate surface area is 203 Å². The van der Waals surface area contributed by atoms with E-state index in [0.29, 0.717) is 5.69 Å². The van der Waals surface area contributed by atoms with Crippen LogP contribution in [-0.4, -0.2) is 26.1 Å². The number of benzene rings is 3. The number of carboxylic acid groups (broad SMARTS) is 1. The second kappa shape index (κ2) is 11.6. The number of methoxy groups -OCH3 is 2. The predicted molar refractivity (Wildman–Crippen MR) is 112 cm³/mol. The third-order valence-electron chi connectivity index (χ3n) is 4.83. The Balaban J connectivity index is 0.00000341. The molecule has 6 nitrogen and oxygen atoms in total. The predicted octanol–water partition coefficient (Wildman–Crippen LogP) is 0.232. The molecule has 0 spiro atoms. The fourth-order valence-corrected chi connectivity index (χ4v) is 3.19. The second-order valence-electron chi connectivity index (χ2n) is 6.72. The van der Waals surface area contributed by atoms with Gasteiger partial charge in [0.25, 0.3) is 0 Å². The summed E-state index contributed by atoms with van der Waals surface area (Å²) < 4.78 is 10.5. The van der Waals surface area contributed by atoms with Gasteiger partial charge in [-0.15, -0.1) is 0 Å². The van der Waals surface area contributed by atoms with Gasteiger partial charge in [-0.25, -0.2) is 0 Å². The van der Waals surface area contributed by atoms with Crippen molar-refractivity contribution in [1.82, 2.24) is 0 Å². The third-order valence-corrected chi connectivity index (χ3v) is 4.83. The van der Waals surface area contributed by atoms with Crippen LogP contribution in [0, 0.1) is 0 Å². The third kappa shape index (κ3) is 6.59. The maximum atomic E-state index is 12.7. The first-order chi connectivity index (χ1) is 14.5. The molecule has 7 heteroatoms. The number of nitrogens with one attached hydrogen (secondary N) is 1. The molecule has 0 atom stereocenters. The van der Waals surface area contributed by atoms with Crippen molar-refractivity contribution >= 4 is 17.6 Å². The van der Waals surface area contributed by atoms with Gasteiger partial charge in [0.15, 0.2) is 0 Å². The van der Waals surface area contributed by atoms with Crippen LogP contribution in [0.15, 0.2) is 72.8 Å². The van der Waals surface area contributed by atoms with Gasteiger partial charge >= 0.3 is 29.6 Å². The number of aromatic carboxylic acids is 1. The molecular weight excluding hydrogens is 405 g/mol. The number of amides is 1. The van der Waals surface area contributed by atoms with Gasteiger partial charge in [0, 0.05) is 18.0 Å². The minimum absolute atomic E-state index is 0. The maximum absolute atomic E-state index is 12.7. The Morgan fingerprint density at radius 3 is 1.65 bits per heavy atom. The molecule has 0 aliphatic carbocycles. The zero-order chi connectivity index (χ0) is 21.5. The summed E-state index contributed by atoms with van der Waals surface area (Å²) in [6.45, 7) is 0. The Morgan fingerprint density at radius 1 is 0.806 bits per heavy atom. The van der Waals surface area contributed by atoms with E-state index in [4.69, 9.17) is 9.47 Å². The Hall–Kier alpha value is -2.80. The van der Waals surface area contributed by atoms with E-state index in [0.717, 1.165) is 22.6 Å². The molecule has 3 aromatic carbocycles. The van der Waals surface area contributed by atoms with Crippen LogP contribution < -0.4 is 49.5 Å². The largest absolute Gasteiger partial charge is 1.00 e. The zero-order valence-electron chi connectivity index (χ0n) is 17.8. The van der Waals surface area contributed by atoms with Crippen LogP contribution in [0.5, 0.6) is 11.5 Å². The molecule has 0 saturated heterocycles. The summed E-state index contributed by atoms with van der Waals surface area (Å²) in [5.41, 5.74) is 2.53. The van der Waals surface area contributed by atoms with Gasteiger partial charge in [0.2, 0.25) is 5.91 Å². The molecule has 0 fully saturated rings. The zero-order valence-corrected chi connectivity index (χ0v) is 19.8. The summed E-state index contributed by atoms with van der Waals surface area (Å²) in [6, 6.07) is 21.1. The standard InChI is InChI=1S/C24H23NO5.Na/c1-29-20-11-5-16(6-12-20)22(17-7-13-21(30-2)14-8-17)15-23(26)25-19-9-3-18(4-10-19)24(27)28;/h3-14,22H,15H2,1-2H3,(H,25,26)(H,27,28);/q;+1/p-1. The number of hydrogen-bond acceptors (Lipinski definition) is 5. The first-order valence-electron chi connectivity index (χ1n) is 9.39. The van der Waals surface area contributed by atoms with Crippen LogP contribution in [0.4, 0.5) is 5.69 Å². The van der Waals surface area contributed by atoms with E-state index >= 15 is 0 Å². The van der Waals surface area contributed by atoms with Gasteiger partial charge in [0.05, 0.1) is 20.2 Å².